The van der Waals surface area contributed by atoms with E-state index in [9.17, 15) is 24.3 Å². The molecular formula is C28H43NO8. The first kappa shape index (κ1) is 32.1. The van der Waals surface area contributed by atoms with Crippen molar-refractivity contribution in [1.29, 1.82) is 0 Å². The van der Waals surface area contributed by atoms with Crippen molar-refractivity contribution in [1.82, 2.24) is 0 Å². The van der Waals surface area contributed by atoms with Crippen molar-refractivity contribution in [2.45, 2.75) is 98.6 Å². The molecule has 0 aromatic heterocycles. The van der Waals surface area contributed by atoms with Gasteiger partial charge in [-0.15, -0.1) is 0 Å². The van der Waals surface area contributed by atoms with Gasteiger partial charge in [-0.25, -0.2) is 0 Å². The number of carboxylic acids is 1. The van der Waals surface area contributed by atoms with E-state index in [2.05, 4.69) is 0 Å². The van der Waals surface area contributed by atoms with E-state index in [0.29, 0.717) is 30.2 Å². The van der Waals surface area contributed by atoms with Crippen LogP contribution in [0.15, 0.2) is 18.2 Å². The van der Waals surface area contributed by atoms with E-state index < -0.39 is 47.9 Å². The fourth-order valence-corrected chi connectivity index (χ4v) is 3.74. The molecule has 0 aliphatic heterocycles. The van der Waals surface area contributed by atoms with Crippen molar-refractivity contribution in [3.05, 3.63) is 23.8 Å². The Balaban J connectivity index is 3.41. The summed E-state index contributed by atoms with van der Waals surface area (Å²) in [7, 11) is 0. The molecule has 4 atom stereocenters. The van der Waals surface area contributed by atoms with E-state index >= 15 is 0 Å². The normalized spacial score (nSPS) is 14.5. The molecular weight excluding hydrogens is 478 g/mol. The predicted molar refractivity (Wildman–Crippen MR) is 139 cm³/mol. The molecule has 0 saturated carbocycles. The lowest BCUT2D eigenvalue weighted by molar-refractivity contribution is -0.151. The van der Waals surface area contributed by atoms with Crippen LogP contribution in [0.2, 0.25) is 0 Å². The van der Waals surface area contributed by atoms with Crippen LogP contribution in [0, 0.1) is 17.8 Å². The maximum Gasteiger partial charge on any atom is 0.321 e. The Morgan fingerprint density at radius 3 is 1.81 bits per heavy atom. The molecule has 208 valence electrons. The molecule has 0 fully saturated rings. The maximum atomic E-state index is 12.6. The Morgan fingerprint density at radius 1 is 0.838 bits per heavy atom. The Morgan fingerprint density at radius 2 is 1.35 bits per heavy atom. The van der Waals surface area contributed by atoms with Crippen LogP contribution in [0.25, 0.3) is 0 Å². The van der Waals surface area contributed by atoms with Gasteiger partial charge in [-0.1, -0.05) is 47.6 Å². The number of benzene rings is 1. The zero-order chi connectivity index (χ0) is 28.3. The first-order valence-corrected chi connectivity index (χ1v) is 13.0. The van der Waals surface area contributed by atoms with Crippen LogP contribution in [-0.4, -0.2) is 41.1 Å². The van der Waals surface area contributed by atoms with E-state index in [0.717, 1.165) is 0 Å². The summed E-state index contributed by atoms with van der Waals surface area (Å²) in [5.41, 5.74) is 6.53. The van der Waals surface area contributed by atoms with Crippen molar-refractivity contribution in [3.63, 3.8) is 0 Å². The van der Waals surface area contributed by atoms with Crippen molar-refractivity contribution < 1.29 is 38.5 Å². The number of nitrogens with two attached hydrogens (primary N) is 1. The topological polar surface area (TPSA) is 142 Å². The number of carboxylic acid groups (broad SMARTS) is 1. The average Bonchev–Trinajstić information content (AvgIpc) is 2.82. The minimum atomic E-state index is -1.33. The summed E-state index contributed by atoms with van der Waals surface area (Å²) in [5.74, 6) is -3.22. The number of hydrogen-bond acceptors (Lipinski definition) is 8. The Bertz CT molecular complexity index is 927. The van der Waals surface area contributed by atoms with Gasteiger partial charge in [0.15, 0.2) is 11.5 Å². The zero-order valence-electron chi connectivity index (χ0n) is 23.1. The molecule has 37 heavy (non-hydrogen) atoms. The maximum absolute atomic E-state index is 12.6. The fraction of sp³-hybridized carbons (Fsp3) is 0.643. The van der Waals surface area contributed by atoms with E-state index in [1.54, 1.807) is 26.8 Å². The first-order valence-electron chi connectivity index (χ1n) is 13.0. The van der Waals surface area contributed by atoms with Gasteiger partial charge >= 0.3 is 23.9 Å². The zero-order valence-corrected chi connectivity index (χ0v) is 23.1. The summed E-state index contributed by atoms with van der Waals surface area (Å²) >= 11 is 0. The van der Waals surface area contributed by atoms with Crippen molar-refractivity contribution in [2.24, 2.45) is 23.5 Å². The molecule has 0 heterocycles. The molecule has 9 nitrogen and oxygen atoms in total. The number of aliphatic carboxylic acids is 1. The minimum absolute atomic E-state index is 0.0112. The van der Waals surface area contributed by atoms with Gasteiger partial charge in [0.05, 0.1) is 0 Å². The third kappa shape index (κ3) is 10.9. The van der Waals surface area contributed by atoms with Gasteiger partial charge in [0.1, 0.15) is 12.1 Å². The number of rotatable bonds is 15. The summed E-state index contributed by atoms with van der Waals surface area (Å²) in [6.07, 6.45) is 1.17. The molecule has 1 rings (SSSR count). The van der Waals surface area contributed by atoms with Crippen LogP contribution in [0.1, 0.15) is 92.1 Å². The summed E-state index contributed by atoms with van der Waals surface area (Å²) < 4.78 is 16.5. The SMILES string of the molecule is CCC(=O)OC(C)C(C)C(c1ccc(OC(=O)CCC(C)C)c(OC(=O)CCC(C)C)c1)[C@H](N)C(=O)O. The molecule has 0 bridgehead atoms. The van der Waals surface area contributed by atoms with E-state index in [1.165, 1.54) is 12.1 Å². The highest BCUT2D eigenvalue weighted by Gasteiger charge is 2.35. The molecule has 3 unspecified atom stereocenters. The number of carbonyl (C=O) groups is 4. The lowest BCUT2D eigenvalue weighted by atomic mass is 9.79. The van der Waals surface area contributed by atoms with E-state index in [1.807, 2.05) is 27.7 Å². The molecule has 3 N–H and O–H groups in total. The standard InChI is InChI=1S/C28H43NO8/c1-8-23(30)35-19(7)18(6)26(27(29)28(33)34)20-11-12-21(36-24(31)13-9-16(2)3)22(15-20)37-25(32)14-10-17(4)5/h11-12,15-19,26-27H,8-10,13-14,29H2,1-7H3,(H,33,34)/t18?,19?,26?,27-/m0/s1. The van der Waals surface area contributed by atoms with E-state index in [4.69, 9.17) is 19.9 Å². The monoisotopic (exact) mass is 521 g/mol. The Hall–Kier alpha value is -2.94. The summed E-state index contributed by atoms with van der Waals surface area (Å²) in [6, 6.07) is 3.22. The second kappa shape index (κ2) is 15.3. The van der Waals surface area contributed by atoms with Crippen molar-refractivity contribution in [3.8, 4) is 11.5 Å². The molecule has 0 saturated heterocycles. The van der Waals surface area contributed by atoms with Gasteiger partial charge in [0, 0.05) is 31.1 Å². The molecule has 0 aliphatic carbocycles. The van der Waals surface area contributed by atoms with Gasteiger partial charge in [-0.05, 0) is 49.3 Å². The van der Waals surface area contributed by atoms with E-state index in [-0.39, 0.29) is 30.8 Å². The van der Waals surface area contributed by atoms with Crippen LogP contribution in [-0.2, 0) is 23.9 Å². The molecule has 0 radical (unpaired) electrons. The number of esters is 3. The first-order chi connectivity index (χ1) is 17.3. The quantitative estimate of drug-likeness (QED) is 0.245. The fourth-order valence-electron chi connectivity index (χ4n) is 3.74. The highest BCUT2D eigenvalue weighted by molar-refractivity contribution is 5.77. The number of carbonyl (C=O) groups excluding carboxylic acids is 3. The largest absolute Gasteiger partial charge is 0.480 e. The predicted octanol–water partition coefficient (Wildman–Crippen LogP) is 4.84. The smallest absolute Gasteiger partial charge is 0.321 e. The van der Waals surface area contributed by atoms with Gasteiger partial charge in [-0.3, -0.25) is 19.2 Å². The summed E-state index contributed by atoms with van der Waals surface area (Å²) in [4.78, 5) is 48.7. The van der Waals surface area contributed by atoms with Gasteiger partial charge in [-0.2, -0.15) is 0 Å². The second-order valence-electron chi connectivity index (χ2n) is 10.3. The highest BCUT2D eigenvalue weighted by atomic mass is 16.6. The molecule has 0 aliphatic rings. The molecule has 0 spiro atoms. The van der Waals surface area contributed by atoms with Crippen LogP contribution in [0.5, 0.6) is 11.5 Å². The third-order valence-corrected chi connectivity index (χ3v) is 6.24. The Kier molecular flexibility index (Phi) is 13.3. The minimum Gasteiger partial charge on any atom is -0.480 e. The highest BCUT2D eigenvalue weighted by Crippen LogP contribution is 2.37. The van der Waals surface area contributed by atoms with Gasteiger partial charge in [0.25, 0.3) is 0 Å². The molecule has 9 heteroatoms. The molecule has 1 aromatic carbocycles. The van der Waals surface area contributed by atoms with Crippen LogP contribution in [0.3, 0.4) is 0 Å². The summed E-state index contributed by atoms with van der Waals surface area (Å²) in [6.45, 7) is 13.1. The van der Waals surface area contributed by atoms with Crippen LogP contribution < -0.4 is 15.2 Å². The van der Waals surface area contributed by atoms with Gasteiger partial charge < -0.3 is 25.1 Å². The lowest BCUT2D eigenvalue weighted by Crippen LogP contribution is -2.42. The molecule has 0 amide bonds. The third-order valence-electron chi connectivity index (χ3n) is 6.24. The average molecular weight is 522 g/mol. The van der Waals surface area contributed by atoms with Gasteiger partial charge in [0.2, 0.25) is 0 Å². The molecule has 1 aromatic rings. The van der Waals surface area contributed by atoms with Crippen LogP contribution in [0.4, 0.5) is 0 Å². The van der Waals surface area contributed by atoms with Crippen molar-refractivity contribution >= 4 is 23.9 Å². The summed E-state index contributed by atoms with van der Waals surface area (Å²) in [5, 5.41) is 9.70. The second-order valence-corrected chi connectivity index (χ2v) is 10.3. The number of hydrogen-bond donors (Lipinski definition) is 2. The van der Waals surface area contributed by atoms with Crippen LogP contribution >= 0.6 is 0 Å². The van der Waals surface area contributed by atoms with Crippen molar-refractivity contribution in [2.75, 3.05) is 0 Å². The number of ether oxygens (including phenoxy) is 3. The Labute approximate surface area is 220 Å². The lowest BCUT2D eigenvalue weighted by Gasteiger charge is -2.31.